The van der Waals surface area contributed by atoms with E-state index in [2.05, 4.69) is 44.8 Å². The van der Waals surface area contributed by atoms with Crippen LogP contribution in [-0.4, -0.2) is 36.6 Å². The van der Waals surface area contributed by atoms with Crippen molar-refractivity contribution in [1.29, 1.82) is 0 Å². The largest absolute Gasteiger partial charge is 0.311 e. The van der Waals surface area contributed by atoms with Gasteiger partial charge in [0, 0.05) is 25.2 Å². The van der Waals surface area contributed by atoms with Gasteiger partial charge in [0.15, 0.2) is 0 Å². The Labute approximate surface area is 102 Å². The van der Waals surface area contributed by atoms with Crippen molar-refractivity contribution < 1.29 is 0 Å². The van der Waals surface area contributed by atoms with Crippen LogP contribution in [0.5, 0.6) is 0 Å². The van der Waals surface area contributed by atoms with E-state index >= 15 is 0 Å². The molecule has 2 nitrogen and oxygen atoms in total. The van der Waals surface area contributed by atoms with Crippen LogP contribution in [0.3, 0.4) is 0 Å². The number of rotatable bonds is 4. The molecule has 2 heteroatoms. The van der Waals surface area contributed by atoms with Gasteiger partial charge >= 0.3 is 0 Å². The lowest BCUT2D eigenvalue weighted by atomic mass is 9.91. The van der Waals surface area contributed by atoms with E-state index in [-0.39, 0.29) is 0 Å². The third-order valence-corrected chi connectivity index (χ3v) is 3.73. The number of hydrogen-bond acceptors (Lipinski definition) is 2. The third-order valence-electron chi connectivity index (χ3n) is 3.73. The monoisotopic (exact) mass is 226 g/mol. The third kappa shape index (κ3) is 4.42. The lowest BCUT2D eigenvalue weighted by Crippen LogP contribution is -2.56. The van der Waals surface area contributed by atoms with Crippen molar-refractivity contribution in [3.05, 3.63) is 0 Å². The van der Waals surface area contributed by atoms with Crippen LogP contribution in [0.25, 0.3) is 0 Å². The summed E-state index contributed by atoms with van der Waals surface area (Å²) < 4.78 is 0. The Bertz CT molecular complexity index is 195. The minimum absolute atomic E-state index is 0.463. The maximum Gasteiger partial charge on any atom is 0.0218 e. The average molecular weight is 226 g/mol. The minimum atomic E-state index is 0.463. The van der Waals surface area contributed by atoms with Crippen LogP contribution in [0.1, 0.15) is 53.9 Å². The molecule has 0 spiro atoms. The summed E-state index contributed by atoms with van der Waals surface area (Å²) in [6, 6.07) is 1.47. The molecule has 96 valence electrons. The van der Waals surface area contributed by atoms with E-state index in [1.807, 2.05) is 0 Å². The number of hydrogen-bond donors (Lipinski definition) is 1. The van der Waals surface area contributed by atoms with E-state index in [0.717, 1.165) is 6.04 Å². The van der Waals surface area contributed by atoms with Crippen molar-refractivity contribution in [1.82, 2.24) is 10.2 Å². The Morgan fingerprint density at radius 1 is 1.19 bits per heavy atom. The molecule has 2 unspecified atom stereocenters. The number of piperazine rings is 1. The topological polar surface area (TPSA) is 15.3 Å². The molecular weight excluding hydrogens is 196 g/mol. The first kappa shape index (κ1) is 14.0. The molecule has 1 heterocycles. The highest BCUT2D eigenvalue weighted by Gasteiger charge is 2.26. The van der Waals surface area contributed by atoms with E-state index in [4.69, 9.17) is 0 Å². The highest BCUT2D eigenvalue weighted by molar-refractivity contribution is 4.85. The molecule has 0 aromatic heterocycles. The smallest absolute Gasteiger partial charge is 0.0218 e. The molecule has 1 saturated heterocycles. The van der Waals surface area contributed by atoms with Crippen LogP contribution in [0.4, 0.5) is 0 Å². The van der Waals surface area contributed by atoms with Gasteiger partial charge in [-0.05, 0) is 31.2 Å². The summed E-state index contributed by atoms with van der Waals surface area (Å²) in [4.78, 5) is 2.70. The fourth-order valence-corrected chi connectivity index (χ4v) is 2.36. The Morgan fingerprint density at radius 3 is 2.38 bits per heavy atom. The highest BCUT2D eigenvalue weighted by Crippen LogP contribution is 2.21. The van der Waals surface area contributed by atoms with Gasteiger partial charge in [-0.25, -0.2) is 0 Å². The summed E-state index contributed by atoms with van der Waals surface area (Å²) in [6.07, 6.45) is 3.83. The fraction of sp³-hybridized carbons (Fsp3) is 1.00. The molecule has 1 aliphatic rings. The predicted octanol–water partition coefficient (Wildman–Crippen LogP) is 2.89. The second-order valence-corrected chi connectivity index (χ2v) is 6.38. The standard InChI is InChI=1S/C14H30N2/c1-6-12-11-16(9-8-14(3,4)5)13(7-2)10-15-12/h12-13,15H,6-11H2,1-5H3. The van der Waals surface area contributed by atoms with E-state index in [9.17, 15) is 0 Å². The van der Waals surface area contributed by atoms with E-state index < -0.39 is 0 Å². The SMILES string of the molecule is CCC1CN(CCC(C)(C)C)C(CC)CN1. The van der Waals surface area contributed by atoms with Crippen LogP contribution >= 0.6 is 0 Å². The summed E-state index contributed by atoms with van der Waals surface area (Å²) in [5.41, 5.74) is 0.463. The average Bonchev–Trinajstić information content (AvgIpc) is 2.25. The molecule has 0 bridgehead atoms. The summed E-state index contributed by atoms with van der Waals surface area (Å²) in [7, 11) is 0. The van der Waals surface area contributed by atoms with Crippen LogP contribution in [-0.2, 0) is 0 Å². The van der Waals surface area contributed by atoms with Gasteiger partial charge in [0.25, 0.3) is 0 Å². The van der Waals surface area contributed by atoms with Gasteiger partial charge in [0.2, 0.25) is 0 Å². The molecule has 1 N–H and O–H groups in total. The lowest BCUT2D eigenvalue weighted by Gasteiger charge is -2.41. The summed E-state index contributed by atoms with van der Waals surface area (Å²) in [6.45, 7) is 15.3. The molecular formula is C14H30N2. The Hall–Kier alpha value is -0.0800. The summed E-state index contributed by atoms with van der Waals surface area (Å²) in [5.74, 6) is 0. The summed E-state index contributed by atoms with van der Waals surface area (Å²) in [5, 5.41) is 3.66. The zero-order chi connectivity index (χ0) is 12.2. The molecule has 0 aromatic rings. The van der Waals surface area contributed by atoms with Gasteiger partial charge in [-0.3, -0.25) is 4.90 Å². The number of nitrogens with one attached hydrogen (secondary N) is 1. The predicted molar refractivity (Wildman–Crippen MR) is 71.8 cm³/mol. The second kappa shape index (κ2) is 6.02. The van der Waals surface area contributed by atoms with Crippen LogP contribution < -0.4 is 5.32 Å². The lowest BCUT2D eigenvalue weighted by molar-refractivity contribution is 0.110. The first-order valence-electron chi connectivity index (χ1n) is 6.93. The maximum absolute atomic E-state index is 3.66. The van der Waals surface area contributed by atoms with E-state index in [1.54, 1.807) is 0 Å². The molecule has 1 fully saturated rings. The van der Waals surface area contributed by atoms with Gasteiger partial charge < -0.3 is 5.32 Å². The zero-order valence-electron chi connectivity index (χ0n) is 11.8. The van der Waals surface area contributed by atoms with Gasteiger partial charge in [-0.15, -0.1) is 0 Å². The molecule has 0 saturated carbocycles. The first-order valence-corrected chi connectivity index (χ1v) is 6.93. The van der Waals surface area contributed by atoms with Crippen molar-refractivity contribution >= 4 is 0 Å². The molecule has 1 rings (SSSR count). The van der Waals surface area contributed by atoms with Crippen molar-refractivity contribution in [3.63, 3.8) is 0 Å². The fourth-order valence-electron chi connectivity index (χ4n) is 2.36. The molecule has 0 amide bonds. The van der Waals surface area contributed by atoms with Crippen molar-refractivity contribution in [2.45, 2.75) is 66.0 Å². The van der Waals surface area contributed by atoms with Gasteiger partial charge in [-0.2, -0.15) is 0 Å². The Balaban J connectivity index is 2.45. The second-order valence-electron chi connectivity index (χ2n) is 6.38. The van der Waals surface area contributed by atoms with Gasteiger partial charge in [0.05, 0.1) is 0 Å². The van der Waals surface area contributed by atoms with Gasteiger partial charge in [0.1, 0.15) is 0 Å². The normalized spacial score (nSPS) is 28.3. The van der Waals surface area contributed by atoms with Crippen molar-refractivity contribution in [2.75, 3.05) is 19.6 Å². The molecule has 0 aromatic carbocycles. The summed E-state index contributed by atoms with van der Waals surface area (Å²) >= 11 is 0. The van der Waals surface area contributed by atoms with E-state index in [1.165, 1.54) is 38.9 Å². The van der Waals surface area contributed by atoms with E-state index in [0.29, 0.717) is 11.5 Å². The molecule has 1 aliphatic heterocycles. The molecule has 0 radical (unpaired) electrons. The molecule has 2 atom stereocenters. The first-order chi connectivity index (χ1) is 7.46. The molecule has 16 heavy (non-hydrogen) atoms. The molecule has 0 aliphatic carbocycles. The number of nitrogens with zero attached hydrogens (tertiary/aromatic N) is 1. The van der Waals surface area contributed by atoms with Crippen molar-refractivity contribution in [2.24, 2.45) is 5.41 Å². The van der Waals surface area contributed by atoms with Crippen LogP contribution in [0, 0.1) is 5.41 Å². The highest BCUT2D eigenvalue weighted by atomic mass is 15.2. The van der Waals surface area contributed by atoms with Gasteiger partial charge in [-0.1, -0.05) is 34.6 Å². The Kier molecular flexibility index (Phi) is 5.26. The maximum atomic E-state index is 3.66. The Morgan fingerprint density at radius 2 is 1.88 bits per heavy atom. The zero-order valence-corrected chi connectivity index (χ0v) is 11.8. The quantitative estimate of drug-likeness (QED) is 0.793. The van der Waals surface area contributed by atoms with Crippen molar-refractivity contribution in [3.8, 4) is 0 Å². The van der Waals surface area contributed by atoms with Crippen LogP contribution in [0.15, 0.2) is 0 Å². The minimum Gasteiger partial charge on any atom is -0.311 e. The van der Waals surface area contributed by atoms with Crippen LogP contribution in [0.2, 0.25) is 0 Å².